The minimum absolute atomic E-state index is 0.0903. The van der Waals surface area contributed by atoms with Crippen LogP contribution in [0.25, 0.3) is 0 Å². The minimum atomic E-state index is -4.35. The normalized spacial score (nSPS) is 11.7. The highest BCUT2D eigenvalue weighted by atomic mass is 19.4. The van der Waals surface area contributed by atoms with Gasteiger partial charge in [-0.3, -0.25) is 9.97 Å². The van der Waals surface area contributed by atoms with Crippen molar-refractivity contribution >= 4 is 0 Å². The number of halogens is 5. The van der Waals surface area contributed by atoms with Gasteiger partial charge < -0.3 is 0 Å². The third-order valence-electron chi connectivity index (χ3n) is 3.43. The van der Waals surface area contributed by atoms with E-state index in [1.54, 1.807) is 26.0 Å². The molecule has 0 fully saturated rings. The lowest BCUT2D eigenvalue weighted by atomic mass is 10.0. The van der Waals surface area contributed by atoms with Crippen LogP contribution < -0.4 is 0 Å². The Morgan fingerprint density at radius 1 is 0.800 bits per heavy atom. The molecule has 2 heterocycles. The van der Waals surface area contributed by atoms with Gasteiger partial charge in [-0.05, 0) is 35.1 Å². The number of aromatic nitrogens is 2. The zero-order valence-corrected chi connectivity index (χ0v) is 14.5. The van der Waals surface area contributed by atoms with Crippen molar-refractivity contribution in [2.24, 2.45) is 0 Å². The highest BCUT2D eigenvalue weighted by molar-refractivity contribution is 5.25. The molecule has 0 aromatic carbocycles. The maximum absolute atomic E-state index is 12.3. The van der Waals surface area contributed by atoms with E-state index in [0.29, 0.717) is 5.56 Å². The van der Waals surface area contributed by atoms with Gasteiger partial charge in [0.1, 0.15) is 11.4 Å². The second-order valence-electron chi connectivity index (χ2n) is 6.03. The summed E-state index contributed by atoms with van der Waals surface area (Å²) in [6.45, 7) is 7.18. The molecule has 0 spiro atoms. The quantitative estimate of drug-likeness (QED) is 0.595. The van der Waals surface area contributed by atoms with E-state index in [-0.39, 0.29) is 23.1 Å². The van der Waals surface area contributed by atoms with Crippen molar-refractivity contribution in [3.63, 3.8) is 0 Å². The van der Waals surface area contributed by atoms with Crippen LogP contribution >= 0.6 is 0 Å². The first-order valence-electron chi connectivity index (χ1n) is 7.80. The van der Waals surface area contributed by atoms with Crippen LogP contribution in [-0.4, -0.2) is 9.97 Å². The van der Waals surface area contributed by atoms with E-state index < -0.39 is 18.3 Å². The third-order valence-corrected chi connectivity index (χ3v) is 3.43. The van der Waals surface area contributed by atoms with Gasteiger partial charge in [0.2, 0.25) is 0 Å². The molecule has 0 bridgehead atoms. The fraction of sp³-hybridized carbons (Fsp3) is 0.444. The molecule has 0 unspecified atom stereocenters. The first kappa shape index (κ1) is 21.0. The fourth-order valence-electron chi connectivity index (χ4n) is 2.22. The van der Waals surface area contributed by atoms with Crippen LogP contribution in [0.15, 0.2) is 36.7 Å². The molecule has 0 aliphatic rings. The molecule has 2 aromatic rings. The third kappa shape index (κ3) is 6.07. The summed E-state index contributed by atoms with van der Waals surface area (Å²) >= 11 is 0. The Bertz CT molecular complexity index is 640. The van der Waals surface area contributed by atoms with Gasteiger partial charge in [0.05, 0.1) is 0 Å². The number of pyridine rings is 2. The molecule has 138 valence electrons. The van der Waals surface area contributed by atoms with Gasteiger partial charge in [0.15, 0.2) is 0 Å². The van der Waals surface area contributed by atoms with E-state index in [9.17, 15) is 22.0 Å². The predicted molar refractivity (Wildman–Crippen MR) is 86.6 cm³/mol. The lowest BCUT2D eigenvalue weighted by molar-refractivity contribution is -0.142. The van der Waals surface area contributed by atoms with Crippen molar-refractivity contribution in [2.45, 2.75) is 52.1 Å². The van der Waals surface area contributed by atoms with Crippen LogP contribution in [0.4, 0.5) is 22.0 Å². The van der Waals surface area contributed by atoms with Gasteiger partial charge in [-0.1, -0.05) is 39.8 Å². The summed E-state index contributed by atoms with van der Waals surface area (Å²) in [5.41, 5.74) is 0.0139. The summed E-state index contributed by atoms with van der Waals surface area (Å²) in [6, 6.07) is 6.35. The summed E-state index contributed by atoms with van der Waals surface area (Å²) in [4.78, 5) is 7.00. The Hall–Kier alpha value is -2.05. The zero-order chi connectivity index (χ0) is 19.2. The van der Waals surface area contributed by atoms with Gasteiger partial charge in [-0.15, -0.1) is 0 Å². The van der Waals surface area contributed by atoms with Crippen molar-refractivity contribution in [3.05, 3.63) is 59.2 Å². The largest absolute Gasteiger partial charge is 0.433 e. The van der Waals surface area contributed by atoms with Gasteiger partial charge in [0, 0.05) is 12.4 Å². The maximum atomic E-state index is 12.3. The number of hydrogen-bond donors (Lipinski definition) is 0. The summed E-state index contributed by atoms with van der Waals surface area (Å²) < 4.78 is 61.7. The second-order valence-corrected chi connectivity index (χ2v) is 6.03. The highest BCUT2D eigenvalue weighted by Crippen LogP contribution is 2.33. The summed E-state index contributed by atoms with van der Waals surface area (Å²) in [7, 11) is 0. The number of rotatable bonds is 3. The molecule has 25 heavy (non-hydrogen) atoms. The van der Waals surface area contributed by atoms with E-state index in [1.165, 1.54) is 18.3 Å². The molecule has 2 nitrogen and oxygen atoms in total. The monoisotopic (exact) mass is 360 g/mol. The Morgan fingerprint density at radius 2 is 1.28 bits per heavy atom. The molecule has 2 rings (SSSR count). The molecule has 0 radical (unpaired) electrons. The van der Waals surface area contributed by atoms with Crippen LogP contribution in [0, 0.1) is 0 Å². The molecular weight excluding hydrogens is 339 g/mol. The minimum Gasteiger partial charge on any atom is -0.255 e. The van der Waals surface area contributed by atoms with Crippen LogP contribution in [0.1, 0.15) is 68.5 Å². The number of alkyl halides is 5. The Balaban J connectivity index is 0.000000251. The summed E-state index contributed by atoms with van der Waals surface area (Å²) in [5.74, 6) is -0.0620. The SMILES string of the molecule is CC(C)c1cccnc1C(F)(F)F.CC(C)c1cccnc1C(F)F. The number of nitrogens with zero attached hydrogens (tertiary/aromatic N) is 2. The molecule has 2 aromatic heterocycles. The van der Waals surface area contributed by atoms with Crippen molar-refractivity contribution in [1.82, 2.24) is 9.97 Å². The predicted octanol–water partition coefficient (Wildman–Crippen LogP) is 6.37. The van der Waals surface area contributed by atoms with E-state index >= 15 is 0 Å². The van der Waals surface area contributed by atoms with Gasteiger partial charge in [-0.25, -0.2) is 8.78 Å². The Labute approximate surface area is 144 Å². The molecule has 0 aliphatic heterocycles. The topological polar surface area (TPSA) is 25.8 Å². The number of hydrogen-bond acceptors (Lipinski definition) is 2. The van der Waals surface area contributed by atoms with E-state index in [1.807, 2.05) is 13.8 Å². The van der Waals surface area contributed by atoms with Crippen LogP contribution in [-0.2, 0) is 6.18 Å². The Kier molecular flexibility index (Phi) is 7.45. The standard InChI is InChI=1S/C9H10F3N.C9H11F2N/c1-6(2)7-4-3-5-13-8(7)9(10,11)12;1-6(2)7-4-3-5-12-8(7)9(10)11/h3-6H,1-2H3;3-6,9H,1-2H3. The first-order valence-corrected chi connectivity index (χ1v) is 7.80. The van der Waals surface area contributed by atoms with Crippen LogP contribution in [0.2, 0.25) is 0 Å². The van der Waals surface area contributed by atoms with Gasteiger partial charge >= 0.3 is 6.18 Å². The smallest absolute Gasteiger partial charge is 0.255 e. The average molecular weight is 360 g/mol. The van der Waals surface area contributed by atoms with Crippen molar-refractivity contribution in [1.29, 1.82) is 0 Å². The molecule has 0 aliphatic carbocycles. The van der Waals surface area contributed by atoms with Crippen molar-refractivity contribution in [3.8, 4) is 0 Å². The fourth-order valence-corrected chi connectivity index (χ4v) is 2.22. The zero-order valence-electron chi connectivity index (χ0n) is 14.5. The molecule has 0 N–H and O–H groups in total. The van der Waals surface area contributed by atoms with Crippen molar-refractivity contribution in [2.75, 3.05) is 0 Å². The maximum Gasteiger partial charge on any atom is 0.433 e. The molecule has 0 saturated heterocycles. The van der Waals surface area contributed by atoms with Gasteiger partial charge in [0.25, 0.3) is 6.43 Å². The van der Waals surface area contributed by atoms with E-state index in [0.717, 1.165) is 6.20 Å². The first-order chi connectivity index (χ1) is 11.6. The summed E-state index contributed by atoms with van der Waals surface area (Å²) in [6.07, 6.45) is -4.26. The van der Waals surface area contributed by atoms with Crippen LogP contribution in [0.5, 0.6) is 0 Å². The lowest BCUT2D eigenvalue weighted by Crippen LogP contribution is -2.12. The molecule has 7 heteroatoms. The average Bonchev–Trinajstić information content (AvgIpc) is 2.54. The molecule has 0 saturated carbocycles. The van der Waals surface area contributed by atoms with Gasteiger partial charge in [-0.2, -0.15) is 13.2 Å². The summed E-state index contributed by atoms with van der Waals surface area (Å²) in [5, 5.41) is 0. The Morgan fingerprint density at radius 3 is 1.64 bits per heavy atom. The lowest BCUT2D eigenvalue weighted by Gasteiger charge is -2.13. The van der Waals surface area contributed by atoms with Crippen LogP contribution in [0.3, 0.4) is 0 Å². The molecule has 0 amide bonds. The van der Waals surface area contributed by atoms with Crippen molar-refractivity contribution < 1.29 is 22.0 Å². The van der Waals surface area contributed by atoms with E-state index in [4.69, 9.17) is 0 Å². The van der Waals surface area contributed by atoms with E-state index in [2.05, 4.69) is 9.97 Å². The molecular formula is C18H21F5N2. The highest BCUT2D eigenvalue weighted by Gasteiger charge is 2.35. The molecule has 0 atom stereocenters. The second kappa shape index (κ2) is 8.87.